The van der Waals surface area contributed by atoms with Crippen LogP contribution in [0.4, 0.5) is 0 Å². The van der Waals surface area contributed by atoms with Gasteiger partial charge in [-0.15, -0.1) is 0 Å². The Balaban J connectivity index is -0.000000638. The molecule has 0 amide bonds. The maximum Gasteiger partial charge on any atom is 0.0847 e. The second-order valence-electron chi connectivity index (χ2n) is 5.99. The molecule has 0 radical (unpaired) electrons. The van der Waals surface area contributed by atoms with Gasteiger partial charge in [0.05, 0.1) is 11.6 Å². The standard InChI is InChI=1S/C16H25NO2.4C2H6/c1-13(12-18)11-16(19)9-6-10-17(2)15(16)14-7-4-3-5-8-14;4*1-2/h3-5,7-8,13,15,18-19H,6,9-12H2,1-2H3;4*1-2H3. The minimum Gasteiger partial charge on any atom is -0.396 e. The summed E-state index contributed by atoms with van der Waals surface area (Å²) in [7, 11) is 2.07. The molecule has 0 bridgehead atoms. The SMILES string of the molecule is CC.CC.CC.CC.CC(CO)CC1(O)CCCN(C)C1c1ccccc1. The highest BCUT2D eigenvalue weighted by atomic mass is 16.3. The summed E-state index contributed by atoms with van der Waals surface area (Å²) in [6.45, 7) is 19.1. The molecule has 3 atom stereocenters. The number of piperidine rings is 1. The summed E-state index contributed by atoms with van der Waals surface area (Å²) in [6.07, 6.45) is 2.46. The summed E-state index contributed by atoms with van der Waals surface area (Å²) in [5, 5.41) is 20.4. The molecule has 27 heavy (non-hydrogen) atoms. The van der Waals surface area contributed by atoms with E-state index >= 15 is 0 Å². The predicted molar refractivity (Wildman–Crippen MR) is 122 cm³/mol. The van der Waals surface area contributed by atoms with Crippen molar-refractivity contribution in [2.24, 2.45) is 5.92 Å². The molecule has 1 aliphatic heterocycles. The third-order valence-electron chi connectivity index (χ3n) is 4.20. The number of rotatable bonds is 4. The molecule has 1 heterocycles. The number of hydrogen-bond donors (Lipinski definition) is 2. The molecule has 3 heteroatoms. The van der Waals surface area contributed by atoms with Gasteiger partial charge < -0.3 is 10.2 Å². The van der Waals surface area contributed by atoms with Crippen molar-refractivity contribution in [1.29, 1.82) is 0 Å². The van der Waals surface area contributed by atoms with Crippen LogP contribution in [0.2, 0.25) is 0 Å². The summed E-state index contributed by atoms with van der Waals surface area (Å²) < 4.78 is 0. The number of likely N-dealkylation sites (tertiary alicyclic amines) is 1. The minimum atomic E-state index is -0.740. The lowest BCUT2D eigenvalue weighted by Crippen LogP contribution is -2.50. The first-order chi connectivity index (χ1) is 13.1. The maximum atomic E-state index is 11.1. The summed E-state index contributed by atoms with van der Waals surface area (Å²) in [5.74, 6) is 0.128. The quantitative estimate of drug-likeness (QED) is 0.640. The van der Waals surface area contributed by atoms with E-state index in [2.05, 4.69) is 24.1 Å². The van der Waals surface area contributed by atoms with Gasteiger partial charge in [0.1, 0.15) is 0 Å². The molecule has 2 N–H and O–H groups in total. The molecule has 1 aliphatic rings. The zero-order valence-corrected chi connectivity index (χ0v) is 19.9. The molecule has 3 unspecified atom stereocenters. The van der Waals surface area contributed by atoms with Gasteiger partial charge in [-0.05, 0) is 44.3 Å². The highest BCUT2D eigenvalue weighted by Gasteiger charge is 2.43. The van der Waals surface area contributed by atoms with Crippen molar-refractivity contribution in [3.63, 3.8) is 0 Å². The van der Waals surface area contributed by atoms with E-state index in [1.54, 1.807) is 0 Å². The van der Waals surface area contributed by atoms with Crippen molar-refractivity contribution in [1.82, 2.24) is 4.90 Å². The number of benzene rings is 1. The molecule has 1 aromatic carbocycles. The Kier molecular flexibility index (Phi) is 22.7. The van der Waals surface area contributed by atoms with Gasteiger partial charge in [-0.3, -0.25) is 4.90 Å². The van der Waals surface area contributed by atoms with E-state index in [1.165, 1.54) is 0 Å². The van der Waals surface area contributed by atoms with E-state index < -0.39 is 5.60 Å². The Labute approximate surface area is 170 Å². The highest BCUT2D eigenvalue weighted by molar-refractivity contribution is 5.23. The molecule has 1 saturated heterocycles. The van der Waals surface area contributed by atoms with Crippen LogP contribution in [0, 0.1) is 5.92 Å². The third kappa shape index (κ3) is 10.9. The van der Waals surface area contributed by atoms with Crippen molar-refractivity contribution in [3.8, 4) is 0 Å². The summed E-state index contributed by atoms with van der Waals surface area (Å²) in [6, 6.07) is 10.2. The van der Waals surface area contributed by atoms with Crippen LogP contribution < -0.4 is 0 Å². The summed E-state index contributed by atoms with van der Waals surface area (Å²) >= 11 is 0. The van der Waals surface area contributed by atoms with Crippen LogP contribution in [0.15, 0.2) is 30.3 Å². The molecule has 0 spiro atoms. The van der Waals surface area contributed by atoms with E-state index in [1.807, 2.05) is 80.5 Å². The van der Waals surface area contributed by atoms with Crippen molar-refractivity contribution in [2.45, 2.75) is 93.2 Å². The Bertz CT molecular complexity index is 397. The molecule has 2 rings (SSSR count). The van der Waals surface area contributed by atoms with Crippen LogP contribution in [-0.4, -0.2) is 40.9 Å². The normalized spacial score (nSPS) is 22.1. The Morgan fingerprint density at radius 3 is 1.93 bits per heavy atom. The monoisotopic (exact) mass is 383 g/mol. The molecule has 1 fully saturated rings. The molecule has 0 aliphatic carbocycles. The number of nitrogens with zero attached hydrogens (tertiary/aromatic N) is 1. The number of likely N-dealkylation sites (N-methyl/N-ethyl adjacent to an activating group) is 1. The predicted octanol–water partition coefficient (Wildman–Crippen LogP) is 6.31. The maximum absolute atomic E-state index is 11.1. The van der Waals surface area contributed by atoms with Gasteiger partial charge in [-0.1, -0.05) is 92.6 Å². The fourth-order valence-electron chi connectivity index (χ4n) is 3.39. The number of aliphatic hydroxyl groups excluding tert-OH is 1. The fraction of sp³-hybridized carbons (Fsp3) is 0.750. The van der Waals surface area contributed by atoms with Crippen LogP contribution in [0.3, 0.4) is 0 Å². The molecule has 162 valence electrons. The highest BCUT2D eigenvalue weighted by Crippen LogP contribution is 2.42. The van der Waals surface area contributed by atoms with Gasteiger partial charge in [0.25, 0.3) is 0 Å². The number of aliphatic hydroxyl groups is 2. The molecular formula is C24H49NO2. The van der Waals surface area contributed by atoms with Gasteiger partial charge in [0.15, 0.2) is 0 Å². The van der Waals surface area contributed by atoms with Crippen LogP contribution >= 0.6 is 0 Å². The lowest BCUT2D eigenvalue weighted by molar-refractivity contribution is -0.0913. The van der Waals surface area contributed by atoms with Gasteiger partial charge in [-0.25, -0.2) is 0 Å². The van der Waals surface area contributed by atoms with Gasteiger partial charge in [0.2, 0.25) is 0 Å². The first kappa shape index (κ1) is 30.8. The Morgan fingerprint density at radius 1 is 1.00 bits per heavy atom. The first-order valence-corrected chi connectivity index (χ1v) is 11.2. The minimum absolute atomic E-state index is 0.0245. The van der Waals surface area contributed by atoms with Gasteiger partial charge in [-0.2, -0.15) is 0 Å². The molecule has 0 aromatic heterocycles. The lowest BCUT2D eigenvalue weighted by Gasteiger charge is -2.47. The van der Waals surface area contributed by atoms with E-state index in [-0.39, 0.29) is 18.6 Å². The molecular weight excluding hydrogens is 334 g/mol. The van der Waals surface area contributed by atoms with Crippen molar-refractivity contribution >= 4 is 0 Å². The Hall–Kier alpha value is -0.900. The third-order valence-corrected chi connectivity index (χ3v) is 4.20. The second-order valence-corrected chi connectivity index (χ2v) is 5.99. The van der Waals surface area contributed by atoms with Crippen LogP contribution in [0.5, 0.6) is 0 Å². The van der Waals surface area contributed by atoms with Crippen molar-refractivity contribution < 1.29 is 10.2 Å². The fourth-order valence-corrected chi connectivity index (χ4v) is 3.39. The molecule has 1 aromatic rings. The first-order valence-electron chi connectivity index (χ1n) is 11.2. The van der Waals surface area contributed by atoms with Gasteiger partial charge >= 0.3 is 0 Å². The summed E-state index contributed by atoms with van der Waals surface area (Å²) in [5.41, 5.74) is 0.425. The van der Waals surface area contributed by atoms with Gasteiger partial charge in [0, 0.05) is 6.61 Å². The second kappa shape index (κ2) is 19.9. The zero-order chi connectivity index (χ0) is 21.9. The molecule has 0 saturated carbocycles. The van der Waals surface area contributed by atoms with Crippen LogP contribution in [0.1, 0.15) is 93.2 Å². The average Bonchev–Trinajstić information content (AvgIpc) is 2.74. The largest absolute Gasteiger partial charge is 0.396 e. The number of hydrogen-bond acceptors (Lipinski definition) is 3. The summed E-state index contributed by atoms with van der Waals surface area (Å²) in [4.78, 5) is 2.24. The lowest BCUT2D eigenvalue weighted by atomic mass is 9.76. The van der Waals surface area contributed by atoms with Crippen LogP contribution in [-0.2, 0) is 0 Å². The van der Waals surface area contributed by atoms with E-state index in [0.29, 0.717) is 6.42 Å². The van der Waals surface area contributed by atoms with Crippen molar-refractivity contribution in [2.75, 3.05) is 20.2 Å². The van der Waals surface area contributed by atoms with E-state index in [4.69, 9.17) is 0 Å². The topological polar surface area (TPSA) is 43.7 Å². The van der Waals surface area contributed by atoms with E-state index in [0.717, 1.165) is 24.9 Å². The zero-order valence-electron chi connectivity index (χ0n) is 19.9. The Morgan fingerprint density at radius 2 is 1.48 bits per heavy atom. The van der Waals surface area contributed by atoms with Crippen LogP contribution in [0.25, 0.3) is 0 Å². The van der Waals surface area contributed by atoms with E-state index in [9.17, 15) is 10.2 Å². The molecule has 3 nitrogen and oxygen atoms in total. The smallest absolute Gasteiger partial charge is 0.0847 e. The average molecular weight is 384 g/mol. The van der Waals surface area contributed by atoms with Crippen molar-refractivity contribution in [3.05, 3.63) is 35.9 Å².